The monoisotopic (exact) mass is 351 g/mol. The van der Waals surface area contributed by atoms with Crippen molar-refractivity contribution < 1.29 is 5.11 Å². The standard InChI is InChI=1S/C22H29N3O/c1-2-23-22(25-16-14-20(26)17-25)24-15-13-21(18-9-5-3-6-10-18)19-11-7-4-8-12-19/h3-12,20-21,26H,2,13-17H2,1H3,(H,23,24)/t20-/m1/s1. The summed E-state index contributed by atoms with van der Waals surface area (Å²) in [7, 11) is 0. The van der Waals surface area contributed by atoms with Crippen molar-refractivity contribution in [2.75, 3.05) is 26.2 Å². The first-order valence-electron chi connectivity index (χ1n) is 9.59. The molecule has 138 valence electrons. The van der Waals surface area contributed by atoms with Gasteiger partial charge in [-0.2, -0.15) is 0 Å². The Balaban J connectivity index is 1.72. The molecule has 0 amide bonds. The summed E-state index contributed by atoms with van der Waals surface area (Å²) in [4.78, 5) is 7.00. The average Bonchev–Trinajstić information content (AvgIpc) is 3.12. The van der Waals surface area contributed by atoms with Crippen molar-refractivity contribution in [3.05, 3.63) is 71.8 Å². The van der Waals surface area contributed by atoms with Crippen molar-refractivity contribution in [2.24, 2.45) is 4.99 Å². The number of likely N-dealkylation sites (tertiary alicyclic amines) is 1. The lowest BCUT2D eigenvalue weighted by Crippen LogP contribution is -2.40. The Morgan fingerprint density at radius 3 is 2.23 bits per heavy atom. The number of nitrogens with one attached hydrogen (secondary N) is 1. The lowest BCUT2D eigenvalue weighted by atomic mass is 9.89. The molecule has 1 heterocycles. The summed E-state index contributed by atoms with van der Waals surface area (Å²) in [5, 5.41) is 13.2. The minimum absolute atomic E-state index is 0.236. The molecule has 1 atom stereocenters. The average molecular weight is 351 g/mol. The van der Waals surface area contributed by atoms with E-state index in [-0.39, 0.29) is 6.10 Å². The number of hydrogen-bond donors (Lipinski definition) is 2. The topological polar surface area (TPSA) is 47.9 Å². The van der Waals surface area contributed by atoms with Crippen LogP contribution in [0.1, 0.15) is 36.8 Å². The zero-order chi connectivity index (χ0) is 18.2. The summed E-state index contributed by atoms with van der Waals surface area (Å²) >= 11 is 0. The first-order valence-corrected chi connectivity index (χ1v) is 9.59. The highest BCUT2D eigenvalue weighted by molar-refractivity contribution is 5.80. The predicted molar refractivity (Wildman–Crippen MR) is 108 cm³/mol. The summed E-state index contributed by atoms with van der Waals surface area (Å²) < 4.78 is 0. The number of guanidine groups is 1. The van der Waals surface area contributed by atoms with Crippen LogP contribution in [0.4, 0.5) is 0 Å². The molecule has 0 aromatic heterocycles. The molecule has 0 saturated carbocycles. The molecule has 2 aromatic rings. The van der Waals surface area contributed by atoms with Crippen molar-refractivity contribution in [3.63, 3.8) is 0 Å². The van der Waals surface area contributed by atoms with Crippen molar-refractivity contribution in [1.82, 2.24) is 10.2 Å². The van der Waals surface area contributed by atoms with E-state index >= 15 is 0 Å². The van der Waals surface area contributed by atoms with Crippen LogP contribution in [-0.2, 0) is 0 Å². The van der Waals surface area contributed by atoms with E-state index in [0.29, 0.717) is 12.5 Å². The zero-order valence-corrected chi connectivity index (χ0v) is 15.5. The van der Waals surface area contributed by atoms with Crippen LogP contribution in [0.2, 0.25) is 0 Å². The fourth-order valence-electron chi connectivity index (χ4n) is 3.56. The fourth-order valence-corrected chi connectivity index (χ4v) is 3.56. The Morgan fingerprint density at radius 1 is 1.12 bits per heavy atom. The minimum atomic E-state index is -0.236. The molecule has 4 heteroatoms. The van der Waals surface area contributed by atoms with Crippen LogP contribution in [0.25, 0.3) is 0 Å². The van der Waals surface area contributed by atoms with Crippen LogP contribution >= 0.6 is 0 Å². The van der Waals surface area contributed by atoms with Gasteiger partial charge in [-0.1, -0.05) is 60.7 Å². The maximum Gasteiger partial charge on any atom is 0.194 e. The van der Waals surface area contributed by atoms with E-state index in [1.165, 1.54) is 11.1 Å². The second kappa shape index (κ2) is 9.39. The van der Waals surface area contributed by atoms with Crippen LogP contribution in [0.3, 0.4) is 0 Å². The summed E-state index contributed by atoms with van der Waals surface area (Å²) in [6.45, 7) is 5.22. The smallest absolute Gasteiger partial charge is 0.194 e. The zero-order valence-electron chi connectivity index (χ0n) is 15.5. The number of aliphatic imine (C=N–C) groups is 1. The molecule has 0 spiro atoms. The van der Waals surface area contributed by atoms with Gasteiger partial charge in [0.15, 0.2) is 5.96 Å². The highest BCUT2D eigenvalue weighted by Gasteiger charge is 2.23. The van der Waals surface area contributed by atoms with Gasteiger partial charge in [0.05, 0.1) is 6.10 Å². The molecule has 2 N–H and O–H groups in total. The van der Waals surface area contributed by atoms with Gasteiger partial charge in [0.25, 0.3) is 0 Å². The van der Waals surface area contributed by atoms with Gasteiger partial charge in [-0.15, -0.1) is 0 Å². The molecule has 1 saturated heterocycles. The maximum absolute atomic E-state index is 9.80. The highest BCUT2D eigenvalue weighted by Crippen LogP contribution is 2.27. The number of hydrogen-bond acceptors (Lipinski definition) is 2. The van der Waals surface area contributed by atoms with Crippen molar-refractivity contribution in [2.45, 2.75) is 31.8 Å². The lowest BCUT2D eigenvalue weighted by Gasteiger charge is -2.22. The van der Waals surface area contributed by atoms with E-state index < -0.39 is 0 Å². The Hall–Kier alpha value is -2.33. The Morgan fingerprint density at radius 2 is 1.73 bits per heavy atom. The fraction of sp³-hybridized carbons (Fsp3) is 0.409. The van der Waals surface area contributed by atoms with Crippen molar-refractivity contribution in [1.29, 1.82) is 0 Å². The summed E-state index contributed by atoms with van der Waals surface area (Å²) in [5.41, 5.74) is 2.66. The first kappa shape index (κ1) is 18.5. The lowest BCUT2D eigenvalue weighted by molar-refractivity contribution is 0.188. The molecule has 3 rings (SSSR count). The molecule has 4 nitrogen and oxygen atoms in total. The van der Waals surface area contributed by atoms with E-state index in [9.17, 15) is 5.11 Å². The predicted octanol–water partition coefficient (Wildman–Crippen LogP) is 3.24. The number of benzene rings is 2. The second-order valence-electron chi connectivity index (χ2n) is 6.79. The molecule has 0 aliphatic carbocycles. The van der Waals surface area contributed by atoms with E-state index in [2.05, 4.69) is 77.8 Å². The largest absolute Gasteiger partial charge is 0.391 e. The van der Waals surface area contributed by atoms with Gasteiger partial charge in [-0.3, -0.25) is 4.99 Å². The van der Waals surface area contributed by atoms with Crippen LogP contribution < -0.4 is 5.32 Å². The highest BCUT2D eigenvalue weighted by atomic mass is 16.3. The molecular formula is C22H29N3O. The van der Waals surface area contributed by atoms with E-state index in [1.54, 1.807) is 0 Å². The van der Waals surface area contributed by atoms with Gasteiger partial charge < -0.3 is 15.3 Å². The van der Waals surface area contributed by atoms with Crippen LogP contribution in [-0.4, -0.2) is 48.2 Å². The summed E-state index contributed by atoms with van der Waals surface area (Å²) in [6.07, 6.45) is 1.54. The number of nitrogens with zero attached hydrogens (tertiary/aromatic N) is 2. The second-order valence-corrected chi connectivity index (χ2v) is 6.79. The molecule has 26 heavy (non-hydrogen) atoms. The maximum atomic E-state index is 9.80. The van der Waals surface area contributed by atoms with E-state index in [1.807, 2.05) is 0 Å². The van der Waals surface area contributed by atoms with Crippen LogP contribution in [0.5, 0.6) is 0 Å². The molecular weight excluding hydrogens is 322 g/mol. The molecule has 1 fully saturated rings. The normalized spacial score (nSPS) is 17.7. The van der Waals surface area contributed by atoms with Gasteiger partial charge in [-0.25, -0.2) is 0 Å². The molecule has 0 unspecified atom stereocenters. The molecule has 0 radical (unpaired) electrons. The van der Waals surface area contributed by atoms with Crippen molar-refractivity contribution in [3.8, 4) is 0 Å². The Kier molecular flexibility index (Phi) is 6.67. The number of aliphatic hydroxyl groups excluding tert-OH is 1. The van der Waals surface area contributed by atoms with Gasteiger partial charge in [0, 0.05) is 32.1 Å². The molecule has 1 aliphatic heterocycles. The first-order chi connectivity index (χ1) is 12.8. The molecule has 1 aliphatic rings. The number of rotatable bonds is 6. The van der Waals surface area contributed by atoms with Gasteiger partial charge >= 0.3 is 0 Å². The molecule has 0 bridgehead atoms. The third-order valence-corrected chi connectivity index (χ3v) is 4.88. The SMILES string of the molecule is CCNC(=NCCC(c1ccccc1)c1ccccc1)N1CC[C@@H](O)C1. The summed E-state index contributed by atoms with van der Waals surface area (Å²) in [5.74, 6) is 1.26. The van der Waals surface area contributed by atoms with Gasteiger partial charge in [0.1, 0.15) is 0 Å². The van der Waals surface area contributed by atoms with E-state index in [4.69, 9.17) is 4.99 Å². The molecule has 2 aromatic carbocycles. The minimum Gasteiger partial charge on any atom is -0.391 e. The van der Waals surface area contributed by atoms with E-state index in [0.717, 1.165) is 38.4 Å². The Labute approximate surface area is 156 Å². The quantitative estimate of drug-likeness (QED) is 0.620. The third kappa shape index (κ3) is 4.85. The third-order valence-electron chi connectivity index (χ3n) is 4.88. The number of aliphatic hydroxyl groups is 1. The Bertz CT molecular complexity index is 648. The van der Waals surface area contributed by atoms with Gasteiger partial charge in [-0.05, 0) is 30.9 Å². The van der Waals surface area contributed by atoms with Crippen molar-refractivity contribution >= 4 is 5.96 Å². The van der Waals surface area contributed by atoms with Crippen LogP contribution in [0.15, 0.2) is 65.7 Å². The summed E-state index contributed by atoms with van der Waals surface area (Å²) in [6, 6.07) is 21.3. The number of β-amino-alcohol motifs (C(OH)–C–C–N with tert-alkyl or cyclic N) is 1. The van der Waals surface area contributed by atoms with Gasteiger partial charge in [0.2, 0.25) is 0 Å². The van der Waals surface area contributed by atoms with Crippen LogP contribution in [0, 0.1) is 0 Å².